The maximum absolute atomic E-state index is 9.53. The summed E-state index contributed by atoms with van der Waals surface area (Å²) in [7, 11) is 0. The first kappa shape index (κ1) is 14.8. The Bertz CT molecular complexity index is 347. The van der Waals surface area contributed by atoms with Crippen LogP contribution >= 0.6 is 12.4 Å². The molecule has 0 spiro atoms. The minimum absolute atomic E-state index is 0. The van der Waals surface area contributed by atoms with E-state index in [0.29, 0.717) is 18.5 Å². The second-order valence-corrected chi connectivity index (χ2v) is 3.41. The fourth-order valence-electron chi connectivity index (χ4n) is 1.38. The molecule has 1 aromatic rings. The van der Waals surface area contributed by atoms with Crippen molar-refractivity contribution in [3.05, 3.63) is 17.7 Å². The van der Waals surface area contributed by atoms with Crippen molar-refractivity contribution < 1.29 is 15.3 Å². The van der Waals surface area contributed by atoms with Crippen LogP contribution in [0.2, 0.25) is 0 Å². The van der Waals surface area contributed by atoms with E-state index in [4.69, 9.17) is 16.6 Å². The third kappa shape index (κ3) is 3.16. The van der Waals surface area contributed by atoms with Crippen LogP contribution in [0.4, 0.5) is 0 Å². The molecule has 0 fully saturated rings. The Kier molecular flexibility index (Phi) is 5.95. The Balaban J connectivity index is 0.00000225. The number of benzene rings is 1. The van der Waals surface area contributed by atoms with Crippen LogP contribution in [-0.2, 0) is 0 Å². The van der Waals surface area contributed by atoms with Crippen LogP contribution < -0.4 is 11.5 Å². The van der Waals surface area contributed by atoms with Crippen molar-refractivity contribution in [3.8, 4) is 17.2 Å². The van der Waals surface area contributed by atoms with Crippen molar-refractivity contribution in [2.75, 3.05) is 6.54 Å². The molecule has 0 aromatic heterocycles. The molecule has 16 heavy (non-hydrogen) atoms. The van der Waals surface area contributed by atoms with Gasteiger partial charge < -0.3 is 26.8 Å². The Hall–Kier alpha value is -1.17. The van der Waals surface area contributed by atoms with Gasteiger partial charge in [-0.05, 0) is 31.5 Å². The standard InChI is InChI=1S/C10H16N2O3.ClH/c11-5-1-2-7(12)6-3-4-8(13)10(15)9(6)14;/h3-4,7,13-15H,1-2,5,11-12H2;1H/t7-;/m0./s1. The van der Waals surface area contributed by atoms with Crippen molar-refractivity contribution in [1.29, 1.82) is 0 Å². The molecule has 5 nitrogen and oxygen atoms in total. The molecule has 0 saturated carbocycles. The van der Waals surface area contributed by atoms with E-state index >= 15 is 0 Å². The van der Waals surface area contributed by atoms with Crippen molar-refractivity contribution in [2.45, 2.75) is 18.9 Å². The number of rotatable bonds is 4. The van der Waals surface area contributed by atoms with Gasteiger partial charge in [0.1, 0.15) is 0 Å². The minimum Gasteiger partial charge on any atom is -0.504 e. The number of hydrogen-bond acceptors (Lipinski definition) is 5. The highest BCUT2D eigenvalue weighted by Crippen LogP contribution is 2.39. The molecule has 0 heterocycles. The van der Waals surface area contributed by atoms with E-state index in [0.717, 1.165) is 6.42 Å². The monoisotopic (exact) mass is 248 g/mol. The number of hydrogen-bond donors (Lipinski definition) is 5. The lowest BCUT2D eigenvalue weighted by Crippen LogP contribution is -2.12. The molecule has 1 atom stereocenters. The average molecular weight is 249 g/mol. The Labute approximate surface area is 100 Å². The van der Waals surface area contributed by atoms with Gasteiger partial charge in [0.15, 0.2) is 11.5 Å². The molecule has 0 saturated heterocycles. The summed E-state index contributed by atoms with van der Waals surface area (Å²) in [5, 5.41) is 27.9. The molecule has 7 N–H and O–H groups in total. The lowest BCUT2D eigenvalue weighted by atomic mass is 10.0. The summed E-state index contributed by atoms with van der Waals surface area (Å²) in [6.45, 7) is 0.526. The van der Waals surface area contributed by atoms with Gasteiger partial charge in [-0.1, -0.05) is 0 Å². The van der Waals surface area contributed by atoms with Gasteiger partial charge in [-0.15, -0.1) is 12.4 Å². The van der Waals surface area contributed by atoms with Crippen molar-refractivity contribution in [1.82, 2.24) is 0 Å². The summed E-state index contributed by atoms with van der Waals surface area (Å²) in [6.07, 6.45) is 1.36. The molecule has 0 aliphatic rings. The van der Waals surface area contributed by atoms with E-state index in [1.807, 2.05) is 0 Å². The minimum atomic E-state index is -0.532. The zero-order valence-electron chi connectivity index (χ0n) is 8.76. The van der Waals surface area contributed by atoms with Crippen LogP contribution in [0.5, 0.6) is 17.2 Å². The molecule has 1 aromatic carbocycles. The lowest BCUT2D eigenvalue weighted by Gasteiger charge is -2.14. The summed E-state index contributed by atoms with van der Waals surface area (Å²) in [4.78, 5) is 0. The highest BCUT2D eigenvalue weighted by Gasteiger charge is 2.15. The molecule has 1 rings (SSSR count). The summed E-state index contributed by atoms with van der Waals surface area (Å²) < 4.78 is 0. The number of halogens is 1. The van der Waals surface area contributed by atoms with Gasteiger partial charge in [0.2, 0.25) is 5.75 Å². The van der Waals surface area contributed by atoms with Gasteiger partial charge in [0.25, 0.3) is 0 Å². The molecular formula is C10H17ClN2O3. The maximum Gasteiger partial charge on any atom is 0.200 e. The van der Waals surface area contributed by atoms with Crippen molar-refractivity contribution in [2.24, 2.45) is 11.5 Å². The number of phenols is 3. The Morgan fingerprint density at radius 2 is 1.75 bits per heavy atom. The first-order valence-electron chi connectivity index (χ1n) is 4.77. The Morgan fingerprint density at radius 3 is 2.31 bits per heavy atom. The van der Waals surface area contributed by atoms with Crippen LogP contribution in [-0.4, -0.2) is 21.9 Å². The van der Waals surface area contributed by atoms with Crippen LogP contribution in [0.3, 0.4) is 0 Å². The summed E-state index contributed by atoms with van der Waals surface area (Å²) in [6, 6.07) is 2.40. The van der Waals surface area contributed by atoms with Crippen LogP contribution in [0.1, 0.15) is 24.4 Å². The number of aromatic hydroxyl groups is 3. The highest BCUT2D eigenvalue weighted by atomic mass is 35.5. The Morgan fingerprint density at radius 1 is 1.12 bits per heavy atom. The number of nitrogens with two attached hydrogens (primary N) is 2. The second kappa shape index (κ2) is 6.42. The molecule has 0 unspecified atom stereocenters. The average Bonchev–Trinajstić information content (AvgIpc) is 2.23. The fraction of sp³-hybridized carbons (Fsp3) is 0.400. The van der Waals surface area contributed by atoms with E-state index < -0.39 is 5.75 Å². The molecule has 6 heteroatoms. The van der Waals surface area contributed by atoms with Crippen LogP contribution in [0.15, 0.2) is 12.1 Å². The topological polar surface area (TPSA) is 113 Å². The normalized spacial score (nSPS) is 11.9. The molecular weight excluding hydrogens is 232 g/mol. The largest absolute Gasteiger partial charge is 0.504 e. The van der Waals surface area contributed by atoms with E-state index in [-0.39, 0.29) is 29.9 Å². The van der Waals surface area contributed by atoms with Gasteiger partial charge in [0.05, 0.1) is 0 Å². The summed E-state index contributed by atoms with van der Waals surface area (Å²) in [5.74, 6) is -1.25. The fourth-order valence-corrected chi connectivity index (χ4v) is 1.38. The molecule has 0 radical (unpaired) electrons. The van der Waals surface area contributed by atoms with E-state index in [1.54, 1.807) is 0 Å². The van der Waals surface area contributed by atoms with Crippen LogP contribution in [0, 0.1) is 0 Å². The first-order valence-corrected chi connectivity index (χ1v) is 4.77. The quantitative estimate of drug-likeness (QED) is 0.510. The predicted molar refractivity (Wildman–Crippen MR) is 63.9 cm³/mol. The van der Waals surface area contributed by atoms with Gasteiger partial charge in [-0.2, -0.15) is 0 Å². The SMILES string of the molecule is Cl.NCCC[C@H](N)c1ccc(O)c(O)c1O. The molecule has 0 amide bonds. The van der Waals surface area contributed by atoms with Crippen molar-refractivity contribution >= 4 is 12.4 Å². The lowest BCUT2D eigenvalue weighted by molar-refractivity contribution is 0.362. The van der Waals surface area contributed by atoms with E-state index in [1.165, 1.54) is 12.1 Å². The third-order valence-corrected chi connectivity index (χ3v) is 2.28. The molecule has 0 bridgehead atoms. The van der Waals surface area contributed by atoms with Crippen LogP contribution in [0.25, 0.3) is 0 Å². The smallest absolute Gasteiger partial charge is 0.200 e. The van der Waals surface area contributed by atoms with Gasteiger partial charge in [-0.3, -0.25) is 0 Å². The number of phenolic OH excluding ortho intramolecular Hbond substituents is 3. The first-order chi connectivity index (χ1) is 7.07. The van der Waals surface area contributed by atoms with Crippen molar-refractivity contribution in [3.63, 3.8) is 0 Å². The zero-order chi connectivity index (χ0) is 11.4. The molecule has 92 valence electrons. The summed E-state index contributed by atoms with van der Waals surface area (Å²) in [5.41, 5.74) is 11.5. The van der Waals surface area contributed by atoms with E-state index in [2.05, 4.69) is 0 Å². The predicted octanol–water partition coefficient (Wildman–Crippen LogP) is 0.964. The molecule has 0 aliphatic carbocycles. The molecule has 0 aliphatic heterocycles. The highest BCUT2D eigenvalue weighted by molar-refractivity contribution is 5.85. The summed E-state index contributed by atoms with van der Waals surface area (Å²) >= 11 is 0. The third-order valence-electron chi connectivity index (χ3n) is 2.28. The zero-order valence-corrected chi connectivity index (χ0v) is 9.57. The van der Waals surface area contributed by atoms with E-state index in [9.17, 15) is 10.2 Å². The second-order valence-electron chi connectivity index (χ2n) is 3.41. The van der Waals surface area contributed by atoms with Gasteiger partial charge >= 0.3 is 0 Å². The maximum atomic E-state index is 9.53. The van der Waals surface area contributed by atoms with Gasteiger partial charge in [0, 0.05) is 11.6 Å². The van der Waals surface area contributed by atoms with Gasteiger partial charge in [-0.25, -0.2) is 0 Å².